The van der Waals surface area contributed by atoms with Crippen molar-refractivity contribution in [3.05, 3.63) is 63.6 Å². The molecule has 2 aromatic heterocycles. The van der Waals surface area contributed by atoms with Crippen molar-refractivity contribution in [3.63, 3.8) is 0 Å². The van der Waals surface area contributed by atoms with E-state index >= 15 is 0 Å². The maximum atomic E-state index is 11.0. The number of methoxy groups -OCH3 is 1. The first-order chi connectivity index (χ1) is 12.5. The minimum atomic E-state index is -0.499. The topological polar surface area (TPSA) is 114 Å². The molecule has 1 atom stereocenters. The van der Waals surface area contributed by atoms with Gasteiger partial charge in [-0.2, -0.15) is 5.26 Å². The Morgan fingerprint density at radius 1 is 1.38 bits per heavy atom. The summed E-state index contributed by atoms with van der Waals surface area (Å²) >= 11 is 0. The van der Waals surface area contributed by atoms with Gasteiger partial charge in [-0.05, 0) is 31.2 Å². The van der Waals surface area contributed by atoms with Gasteiger partial charge in [0.15, 0.2) is 0 Å². The summed E-state index contributed by atoms with van der Waals surface area (Å²) in [6, 6.07) is 11.3. The van der Waals surface area contributed by atoms with E-state index in [9.17, 15) is 15.4 Å². The molecule has 0 saturated heterocycles. The molecule has 26 heavy (non-hydrogen) atoms. The van der Waals surface area contributed by atoms with Gasteiger partial charge in [0.05, 0.1) is 28.7 Å². The number of rotatable bonds is 6. The predicted octanol–water partition coefficient (Wildman–Crippen LogP) is 3.72. The monoisotopic (exact) mass is 352 g/mol. The van der Waals surface area contributed by atoms with Crippen LogP contribution >= 0.6 is 0 Å². The van der Waals surface area contributed by atoms with Crippen LogP contribution in [0.5, 0.6) is 0 Å². The number of non-ortho nitro benzene ring substituents is 1. The number of nitro benzene ring substituents is 1. The van der Waals surface area contributed by atoms with Crippen LogP contribution in [0.25, 0.3) is 10.9 Å². The SMILES string of the molecule is COCC(Nc1cc(C#N)c2cc([N+](=O)[O-])ccc2n1)c1ccc(C)o1. The third-order valence-electron chi connectivity index (χ3n) is 3.88. The average molecular weight is 352 g/mol. The number of ether oxygens (including phenoxy) is 1. The standard InChI is InChI=1S/C18H16N4O4/c1-11-3-6-17(26-11)16(10-25-2)21-18-7-12(9-19)14-8-13(22(23)24)4-5-15(14)20-18/h3-8,16H,10H2,1-2H3,(H,20,21). The molecule has 0 spiro atoms. The molecule has 1 unspecified atom stereocenters. The normalized spacial score (nSPS) is 11.9. The number of anilines is 1. The zero-order chi connectivity index (χ0) is 18.7. The highest BCUT2D eigenvalue weighted by Crippen LogP contribution is 2.27. The Labute approximate surface area is 149 Å². The highest BCUT2D eigenvalue weighted by atomic mass is 16.6. The summed E-state index contributed by atoms with van der Waals surface area (Å²) in [5.74, 6) is 1.92. The van der Waals surface area contributed by atoms with Crippen LogP contribution in [0.15, 0.2) is 40.8 Å². The molecular formula is C18H16N4O4. The Morgan fingerprint density at radius 3 is 2.81 bits per heavy atom. The van der Waals surface area contributed by atoms with E-state index in [1.807, 2.05) is 19.1 Å². The molecule has 1 N–H and O–H groups in total. The summed E-state index contributed by atoms with van der Waals surface area (Å²) in [5, 5.41) is 24.0. The number of nitriles is 1. The van der Waals surface area contributed by atoms with Crippen molar-refractivity contribution in [1.29, 1.82) is 5.26 Å². The molecule has 0 fully saturated rings. The second-order valence-corrected chi connectivity index (χ2v) is 5.73. The first-order valence-corrected chi connectivity index (χ1v) is 7.83. The van der Waals surface area contributed by atoms with Gasteiger partial charge in [0.25, 0.3) is 5.69 Å². The summed E-state index contributed by atoms with van der Waals surface area (Å²) in [5.41, 5.74) is 0.705. The van der Waals surface area contributed by atoms with E-state index in [0.29, 0.717) is 34.7 Å². The number of fused-ring (bicyclic) bond motifs is 1. The molecule has 0 bridgehead atoms. The first kappa shape index (κ1) is 17.4. The van der Waals surface area contributed by atoms with Gasteiger partial charge in [-0.25, -0.2) is 4.98 Å². The number of nitro groups is 1. The molecule has 0 aliphatic carbocycles. The maximum Gasteiger partial charge on any atom is 0.270 e. The molecule has 0 amide bonds. The van der Waals surface area contributed by atoms with Gasteiger partial charge < -0.3 is 14.5 Å². The molecule has 0 saturated carbocycles. The third kappa shape index (κ3) is 3.48. The van der Waals surface area contributed by atoms with E-state index in [-0.39, 0.29) is 11.7 Å². The van der Waals surface area contributed by atoms with Crippen LogP contribution in [0.2, 0.25) is 0 Å². The van der Waals surface area contributed by atoms with Crippen LogP contribution in [0.3, 0.4) is 0 Å². The molecule has 1 aromatic carbocycles. The first-order valence-electron chi connectivity index (χ1n) is 7.83. The van der Waals surface area contributed by atoms with Crippen LogP contribution in [0, 0.1) is 28.4 Å². The number of pyridine rings is 1. The molecule has 0 aliphatic rings. The minimum Gasteiger partial charge on any atom is -0.464 e. The second kappa shape index (κ2) is 7.21. The van der Waals surface area contributed by atoms with E-state index in [2.05, 4.69) is 16.4 Å². The molecule has 3 rings (SSSR count). The summed E-state index contributed by atoms with van der Waals surface area (Å²) in [6.07, 6.45) is 0. The Kier molecular flexibility index (Phi) is 4.82. The van der Waals surface area contributed by atoms with Gasteiger partial charge in [0.2, 0.25) is 0 Å². The number of hydrogen-bond acceptors (Lipinski definition) is 7. The molecule has 2 heterocycles. The van der Waals surface area contributed by atoms with Crippen molar-refractivity contribution in [3.8, 4) is 6.07 Å². The molecule has 0 radical (unpaired) electrons. The van der Waals surface area contributed by atoms with Crippen molar-refractivity contribution in [2.45, 2.75) is 13.0 Å². The summed E-state index contributed by atoms with van der Waals surface area (Å²) in [4.78, 5) is 14.9. The van der Waals surface area contributed by atoms with Crippen LogP contribution < -0.4 is 5.32 Å². The minimum absolute atomic E-state index is 0.0835. The van der Waals surface area contributed by atoms with Gasteiger partial charge in [0, 0.05) is 24.6 Å². The maximum absolute atomic E-state index is 11.0. The molecular weight excluding hydrogens is 336 g/mol. The number of furan rings is 1. The molecule has 132 valence electrons. The van der Waals surface area contributed by atoms with Crippen molar-refractivity contribution in [2.75, 3.05) is 19.0 Å². The van der Waals surface area contributed by atoms with Gasteiger partial charge in [-0.15, -0.1) is 0 Å². The van der Waals surface area contributed by atoms with Crippen LogP contribution in [0.1, 0.15) is 23.1 Å². The van der Waals surface area contributed by atoms with E-state index in [0.717, 1.165) is 5.76 Å². The summed E-state index contributed by atoms with van der Waals surface area (Å²) in [7, 11) is 1.58. The van der Waals surface area contributed by atoms with E-state index < -0.39 is 4.92 Å². The van der Waals surface area contributed by atoms with Crippen LogP contribution in [0.4, 0.5) is 11.5 Å². The largest absolute Gasteiger partial charge is 0.464 e. The lowest BCUT2D eigenvalue weighted by Gasteiger charge is -2.17. The highest BCUT2D eigenvalue weighted by molar-refractivity contribution is 5.88. The zero-order valence-electron chi connectivity index (χ0n) is 14.2. The summed E-state index contributed by atoms with van der Waals surface area (Å²) in [6.45, 7) is 2.19. The molecule has 0 aliphatic heterocycles. The lowest BCUT2D eigenvalue weighted by atomic mass is 10.1. The Bertz CT molecular complexity index is 1010. The van der Waals surface area contributed by atoms with Gasteiger partial charge in [0.1, 0.15) is 23.4 Å². The van der Waals surface area contributed by atoms with Crippen molar-refractivity contribution < 1.29 is 14.1 Å². The zero-order valence-corrected chi connectivity index (χ0v) is 14.2. The van der Waals surface area contributed by atoms with Gasteiger partial charge in [-0.3, -0.25) is 10.1 Å². The van der Waals surface area contributed by atoms with E-state index in [1.54, 1.807) is 13.2 Å². The number of aryl methyl sites for hydroxylation is 1. The Balaban J connectivity index is 2.00. The second-order valence-electron chi connectivity index (χ2n) is 5.73. The Hall–Kier alpha value is -3.44. The fourth-order valence-corrected chi connectivity index (χ4v) is 2.67. The fourth-order valence-electron chi connectivity index (χ4n) is 2.67. The lowest BCUT2D eigenvalue weighted by Crippen LogP contribution is -2.16. The highest BCUT2D eigenvalue weighted by Gasteiger charge is 2.18. The number of nitrogens with zero attached hydrogens (tertiary/aromatic N) is 3. The third-order valence-corrected chi connectivity index (χ3v) is 3.88. The van der Waals surface area contributed by atoms with Gasteiger partial charge >= 0.3 is 0 Å². The van der Waals surface area contributed by atoms with Crippen molar-refractivity contribution in [2.24, 2.45) is 0 Å². The molecule has 8 nitrogen and oxygen atoms in total. The number of aromatic nitrogens is 1. The quantitative estimate of drug-likeness (QED) is 0.531. The number of hydrogen-bond donors (Lipinski definition) is 1. The van der Waals surface area contributed by atoms with E-state index in [1.165, 1.54) is 18.2 Å². The van der Waals surface area contributed by atoms with Crippen LogP contribution in [-0.4, -0.2) is 23.6 Å². The molecule has 8 heteroatoms. The smallest absolute Gasteiger partial charge is 0.270 e. The summed E-state index contributed by atoms with van der Waals surface area (Å²) < 4.78 is 10.9. The number of nitrogens with one attached hydrogen (secondary N) is 1. The molecule has 3 aromatic rings. The fraction of sp³-hybridized carbons (Fsp3) is 0.222. The van der Waals surface area contributed by atoms with Gasteiger partial charge in [-0.1, -0.05) is 0 Å². The number of benzene rings is 1. The lowest BCUT2D eigenvalue weighted by molar-refractivity contribution is -0.384. The predicted molar refractivity (Wildman–Crippen MR) is 94.8 cm³/mol. The van der Waals surface area contributed by atoms with Crippen molar-refractivity contribution in [1.82, 2.24) is 4.98 Å². The average Bonchev–Trinajstić information content (AvgIpc) is 3.06. The Morgan fingerprint density at radius 2 is 2.19 bits per heavy atom. The van der Waals surface area contributed by atoms with Crippen molar-refractivity contribution >= 4 is 22.4 Å². The van der Waals surface area contributed by atoms with Crippen LogP contribution in [-0.2, 0) is 4.74 Å². The van der Waals surface area contributed by atoms with E-state index in [4.69, 9.17) is 9.15 Å².